The van der Waals surface area contributed by atoms with Gasteiger partial charge in [0.2, 0.25) is 0 Å². The zero-order valence-corrected chi connectivity index (χ0v) is 14.6. The second-order valence-corrected chi connectivity index (χ2v) is 5.97. The van der Waals surface area contributed by atoms with E-state index in [2.05, 4.69) is 5.32 Å². The number of nitrogens with one attached hydrogen (secondary N) is 1. The molecule has 2 aromatic rings. The van der Waals surface area contributed by atoms with Crippen molar-refractivity contribution in [3.8, 4) is 0 Å². The molecule has 1 amide bonds. The first kappa shape index (κ1) is 18.3. The minimum atomic E-state index is -0.440. The number of carbonyl (C=O) groups excluding carboxylic acids is 2. The van der Waals surface area contributed by atoms with Gasteiger partial charge in [0.25, 0.3) is 5.91 Å². The van der Waals surface area contributed by atoms with Crippen molar-refractivity contribution in [1.29, 1.82) is 0 Å². The van der Waals surface area contributed by atoms with Gasteiger partial charge in [-0.15, -0.1) is 0 Å². The Labute approximate surface area is 150 Å². The van der Waals surface area contributed by atoms with Gasteiger partial charge in [-0.2, -0.15) is 0 Å². The minimum absolute atomic E-state index is 0.335. The maximum Gasteiger partial charge on any atom is 0.313 e. The van der Waals surface area contributed by atoms with Crippen molar-refractivity contribution in [1.82, 2.24) is 0 Å². The summed E-state index contributed by atoms with van der Waals surface area (Å²) in [5.41, 5.74) is 1.36. The maximum atomic E-state index is 12.2. The molecule has 0 fully saturated rings. The van der Waals surface area contributed by atoms with E-state index in [9.17, 15) is 9.59 Å². The maximum absolute atomic E-state index is 12.2. The first-order valence-electron chi connectivity index (χ1n) is 7.47. The summed E-state index contributed by atoms with van der Waals surface area (Å²) in [7, 11) is 0. The predicted molar refractivity (Wildman–Crippen MR) is 95.5 cm³/mol. The third kappa shape index (κ3) is 4.98. The van der Waals surface area contributed by atoms with Gasteiger partial charge in [-0.1, -0.05) is 60.5 Å². The van der Waals surface area contributed by atoms with Crippen LogP contribution in [0.4, 0.5) is 5.69 Å². The first-order chi connectivity index (χ1) is 11.5. The van der Waals surface area contributed by atoms with E-state index in [0.717, 1.165) is 5.56 Å². The zero-order chi connectivity index (χ0) is 17.5. The molecule has 1 atom stereocenters. The van der Waals surface area contributed by atoms with Gasteiger partial charge in [-0.3, -0.25) is 9.59 Å². The van der Waals surface area contributed by atoms with Crippen LogP contribution in [-0.4, -0.2) is 18.5 Å². The number of carbonyl (C=O) groups is 2. The van der Waals surface area contributed by atoms with E-state index >= 15 is 0 Å². The fraction of sp³-hybridized carbons (Fsp3) is 0.222. The monoisotopic (exact) mass is 365 g/mol. The molecule has 0 saturated carbocycles. The molecule has 4 nitrogen and oxygen atoms in total. The van der Waals surface area contributed by atoms with E-state index in [1.807, 2.05) is 37.3 Å². The highest BCUT2D eigenvalue weighted by atomic mass is 35.5. The molecule has 0 heterocycles. The number of benzene rings is 2. The summed E-state index contributed by atoms with van der Waals surface area (Å²) in [6.07, 6.45) is 0.595. The Bertz CT molecular complexity index is 719. The molecule has 1 N–H and O–H groups in total. The lowest BCUT2D eigenvalue weighted by molar-refractivity contribution is -0.149. The topological polar surface area (TPSA) is 55.4 Å². The minimum Gasteiger partial charge on any atom is -0.455 e. The van der Waals surface area contributed by atoms with Gasteiger partial charge in [0, 0.05) is 5.69 Å². The van der Waals surface area contributed by atoms with E-state index in [1.54, 1.807) is 12.1 Å². The smallest absolute Gasteiger partial charge is 0.313 e. The van der Waals surface area contributed by atoms with Gasteiger partial charge in [0.15, 0.2) is 6.61 Å². The number of esters is 1. The van der Waals surface area contributed by atoms with Crippen LogP contribution in [-0.2, 0) is 14.3 Å². The van der Waals surface area contributed by atoms with Crippen molar-refractivity contribution >= 4 is 40.8 Å². The van der Waals surface area contributed by atoms with E-state index in [4.69, 9.17) is 27.9 Å². The van der Waals surface area contributed by atoms with Gasteiger partial charge >= 0.3 is 5.97 Å². The highest BCUT2D eigenvalue weighted by Gasteiger charge is 2.21. The number of ether oxygens (including phenoxy) is 1. The standard InChI is InChI=1S/C18H17Cl2NO3/c1-2-14(12-6-4-3-5-7-12)18(23)24-11-17(22)21-13-8-9-15(19)16(20)10-13/h3-10,14H,2,11H2,1H3,(H,21,22). The van der Waals surface area contributed by atoms with E-state index in [-0.39, 0.29) is 12.5 Å². The lowest BCUT2D eigenvalue weighted by atomic mass is 9.97. The second-order valence-electron chi connectivity index (χ2n) is 5.16. The molecular formula is C18H17Cl2NO3. The molecule has 2 rings (SSSR count). The van der Waals surface area contributed by atoms with Gasteiger partial charge in [-0.05, 0) is 30.2 Å². The molecule has 0 radical (unpaired) electrons. The van der Waals surface area contributed by atoms with Crippen LogP contribution in [0, 0.1) is 0 Å². The van der Waals surface area contributed by atoms with Crippen molar-refractivity contribution in [2.24, 2.45) is 0 Å². The van der Waals surface area contributed by atoms with Crippen LogP contribution in [0.1, 0.15) is 24.8 Å². The van der Waals surface area contributed by atoms with Crippen molar-refractivity contribution < 1.29 is 14.3 Å². The fourth-order valence-corrected chi connectivity index (χ4v) is 2.53. The quantitative estimate of drug-likeness (QED) is 0.756. The number of rotatable bonds is 6. The van der Waals surface area contributed by atoms with Crippen LogP contribution in [0.25, 0.3) is 0 Å². The number of hydrogen-bond acceptors (Lipinski definition) is 3. The summed E-state index contributed by atoms with van der Waals surface area (Å²) >= 11 is 11.7. The van der Waals surface area contributed by atoms with Gasteiger partial charge in [0.1, 0.15) is 0 Å². The highest BCUT2D eigenvalue weighted by Crippen LogP contribution is 2.25. The molecule has 0 bridgehead atoms. The van der Waals surface area contributed by atoms with Crippen molar-refractivity contribution in [2.45, 2.75) is 19.3 Å². The van der Waals surface area contributed by atoms with E-state index in [1.165, 1.54) is 6.07 Å². The van der Waals surface area contributed by atoms with Crippen molar-refractivity contribution in [3.05, 3.63) is 64.1 Å². The lowest BCUT2D eigenvalue weighted by Crippen LogP contribution is -2.23. The largest absolute Gasteiger partial charge is 0.455 e. The highest BCUT2D eigenvalue weighted by molar-refractivity contribution is 6.42. The Morgan fingerprint density at radius 2 is 1.79 bits per heavy atom. The van der Waals surface area contributed by atoms with Crippen LogP contribution < -0.4 is 5.32 Å². The molecule has 24 heavy (non-hydrogen) atoms. The molecule has 126 valence electrons. The molecule has 6 heteroatoms. The Morgan fingerprint density at radius 1 is 1.08 bits per heavy atom. The summed E-state index contributed by atoms with van der Waals surface area (Å²) in [5, 5.41) is 3.34. The molecule has 0 saturated heterocycles. The third-order valence-corrected chi connectivity index (χ3v) is 4.18. The third-order valence-electron chi connectivity index (χ3n) is 3.44. The molecule has 0 aliphatic carbocycles. The molecule has 0 spiro atoms. The molecule has 2 aromatic carbocycles. The molecule has 0 aromatic heterocycles. The summed E-state index contributed by atoms with van der Waals surface area (Å²) in [4.78, 5) is 24.1. The summed E-state index contributed by atoms with van der Waals surface area (Å²) in [6.45, 7) is 1.54. The second kappa shape index (κ2) is 8.71. The average molecular weight is 366 g/mol. The predicted octanol–water partition coefficient (Wildman–Crippen LogP) is 4.67. The van der Waals surface area contributed by atoms with Crippen molar-refractivity contribution in [2.75, 3.05) is 11.9 Å². The first-order valence-corrected chi connectivity index (χ1v) is 8.23. The Balaban J connectivity index is 1.90. The Morgan fingerprint density at radius 3 is 2.42 bits per heavy atom. The van der Waals surface area contributed by atoms with E-state index in [0.29, 0.717) is 22.2 Å². The van der Waals surface area contributed by atoms with Gasteiger partial charge in [0.05, 0.1) is 16.0 Å². The zero-order valence-electron chi connectivity index (χ0n) is 13.1. The van der Waals surface area contributed by atoms with Crippen LogP contribution in [0.15, 0.2) is 48.5 Å². The molecule has 1 unspecified atom stereocenters. The number of halogens is 2. The van der Waals surface area contributed by atoms with E-state index < -0.39 is 11.9 Å². The van der Waals surface area contributed by atoms with Crippen LogP contribution in [0.2, 0.25) is 10.0 Å². The molecule has 0 aliphatic heterocycles. The summed E-state index contributed by atoms with van der Waals surface area (Å²) < 4.78 is 5.13. The number of hydrogen-bond donors (Lipinski definition) is 1. The summed E-state index contributed by atoms with van der Waals surface area (Å²) in [5.74, 6) is -1.25. The number of anilines is 1. The Kier molecular flexibility index (Phi) is 6.64. The van der Waals surface area contributed by atoms with Crippen LogP contribution >= 0.6 is 23.2 Å². The van der Waals surface area contributed by atoms with Crippen LogP contribution in [0.5, 0.6) is 0 Å². The van der Waals surface area contributed by atoms with Gasteiger partial charge in [-0.25, -0.2) is 0 Å². The fourth-order valence-electron chi connectivity index (χ4n) is 2.23. The molecular weight excluding hydrogens is 349 g/mol. The SMILES string of the molecule is CCC(C(=O)OCC(=O)Nc1ccc(Cl)c(Cl)c1)c1ccccc1. The van der Waals surface area contributed by atoms with Gasteiger partial charge < -0.3 is 10.1 Å². The average Bonchev–Trinajstić information content (AvgIpc) is 2.58. The Hall–Kier alpha value is -2.04. The van der Waals surface area contributed by atoms with Crippen molar-refractivity contribution in [3.63, 3.8) is 0 Å². The lowest BCUT2D eigenvalue weighted by Gasteiger charge is -2.14. The molecule has 0 aliphatic rings. The summed E-state index contributed by atoms with van der Waals surface area (Å²) in [6, 6.07) is 14.1. The number of amides is 1. The normalized spacial score (nSPS) is 11.6. The van der Waals surface area contributed by atoms with Crippen LogP contribution in [0.3, 0.4) is 0 Å².